The average Bonchev–Trinajstić information content (AvgIpc) is 2.27. The van der Waals surface area contributed by atoms with E-state index in [2.05, 4.69) is 4.74 Å². The fraction of sp³-hybridized carbons (Fsp3) is 0.364. The summed E-state index contributed by atoms with van der Waals surface area (Å²) in [6, 6.07) is 3.61. The van der Waals surface area contributed by atoms with E-state index in [0.29, 0.717) is 5.56 Å². The molecule has 4 N–H and O–H groups in total. The molecule has 18 heavy (non-hydrogen) atoms. The highest BCUT2D eigenvalue weighted by Crippen LogP contribution is 2.31. The third-order valence-electron chi connectivity index (χ3n) is 2.25. The summed E-state index contributed by atoms with van der Waals surface area (Å²) in [5.41, 5.74) is 11.3. The first kappa shape index (κ1) is 14.2. The fourth-order valence-corrected chi connectivity index (χ4v) is 1.44. The van der Waals surface area contributed by atoms with E-state index in [1.165, 1.54) is 25.3 Å². The van der Waals surface area contributed by atoms with Gasteiger partial charge in [-0.25, -0.2) is 0 Å². The number of benzene rings is 1. The third-order valence-corrected chi connectivity index (χ3v) is 2.25. The van der Waals surface area contributed by atoms with Gasteiger partial charge in [0.1, 0.15) is 0 Å². The number of nitrogens with two attached hydrogens (primary N) is 2. The number of hydrogen-bond donors (Lipinski definition) is 2. The van der Waals surface area contributed by atoms with Crippen molar-refractivity contribution in [3.05, 3.63) is 23.8 Å². The van der Waals surface area contributed by atoms with E-state index in [-0.39, 0.29) is 17.9 Å². The number of carbonyl (C=O) groups is 1. The van der Waals surface area contributed by atoms with Crippen LogP contribution < -0.4 is 20.9 Å². The van der Waals surface area contributed by atoms with E-state index in [1.807, 2.05) is 0 Å². The number of carbonyl (C=O) groups excluding carboxylic acids is 1. The number of amides is 1. The molecule has 0 fully saturated rings. The standard InChI is InChI=1S/C11H14F2N2O3/c1-17-9-4-6(7(14)5-10(15)16)2-3-8(9)18-11(12)13/h2-4,7,11H,5,14H2,1H3,(H2,15,16). The van der Waals surface area contributed by atoms with Crippen LogP contribution in [0, 0.1) is 0 Å². The van der Waals surface area contributed by atoms with Crippen LogP contribution in [0.5, 0.6) is 11.5 Å². The summed E-state index contributed by atoms with van der Waals surface area (Å²) in [6.07, 6.45) is -0.0434. The first-order valence-electron chi connectivity index (χ1n) is 5.10. The van der Waals surface area contributed by atoms with E-state index in [0.717, 1.165) is 0 Å². The second-order valence-corrected chi connectivity index (χ2v) is 3.57. The predicted octanol–water partition coefficient (Wildman–Crippen LogP) is 1.17. The molecule has 1 atom stereocenters. The summed E-state index contributed by atoms with van der Waals surface area (Å²) in [5.74, 6) is -0.524. The van der Waals surface area contributed by atoms with Crippen LogP contribution in [0.1, 0.15) is 18.0 Å². The van der Waals surface area contributed by atoms with Gasteiger partial charge < -0.3 is 20.9 Å². The molecule has 1 aromatic carbocycles. The fourth-order valence-electron chi connectivity index (χ4n) is 1.44. The SMILES string of the molecule is COc1cc(C(N)CC(N)=O)ccc1OC(F)F. The molecule has 0 heterocycles. The zero-order valence-electron chi connectivity index (χ0n) is 9.73. The Kier molecular flexibility index (Phi) is 4.85. The highest BCUT2D eigenvalue weighted by molar-refractivity contribution is 5.74. The summed E-state index contributed by atoms with van der Waals surface area (Å²) < 4.78 is 33.4. The lowest BCUT2D eigenvalue weighted by atomic mass is 10.0. The molecule has 1 amide bonds. The molecule has 1 unspecified atom stereocenters. The Bertz CT molecular complexity index is 427. The second kappa shape index (κ2) is 6.15. The predicted molar refractivity (Wildman–Crippen MR) is 60.4 cm³/mol. The maximum absolute atomic E-state index is 12.1. The van der Waals surface area contributed by atoms with Crippen molar-refractivity contribution in [2.24, 2.45) is 11.5 Å². The maximum atomic E-state index is 12.1. The van der Waals surface area contributed by atoms with E-state index in [1.54, 1.807) is 0 Å². The molecular formula is C11H14F2N2O3. The van der Waals surface area contributed by atoms with Crippen LogP contribution in [0.25, 0.3) is 0 Å². The first-order valence-corrected chi connectivity index (χ1v) is 5.10. The van der Waals surface area contributed by atoms with Crippen molar-refractivity contribution in [3.63, 3.8) is 0 Å². The Hall–Kier alpha value is -1.89. The van der Waals surface area contributed by atoms with Crippen LogP contribution in [0.4, 0.5) is 8.78 Å². The van der Waals surface area contributed by atoms with Gasteiger partial charge in [0.2, 0.25) is 5.91 Å². The number of primary amides is 1. The number of rotatable bonds is 6. The Morgan fingerprint density at radius 3 is 2.56 bits per heavy atom. The van der Waals surface area contributed by atoms with Crippen molar-refractivity contribution in [2.75, 3.05) is 7.11 Å². The van der Waals surface area contributed by atoms with Crippen molar-refractivity contribution in [2.45, 2.75) is 19.1 Å². The average molecular weight is 260 g/mol. The molecule has 7 heteroatoms. The minimum atomic E-state index is -2.94. The van der Waals surface area contributed by atoms with Gasteiger partial charge in [-0.15, -0.1) is 0 Å². The van der Waals surface area contributed by atoms with Crippen LogP contribution >= 0.6 is 0 Å². The summed E-state index contributed by atoms with van der Waals surface area (Å²) in [5, 5.41) is 0. The van der Waals surface area contributed by atoms with Crippen LogP contribution in [0.2, 0.25) is 0 Å². The highest BCUT2D eigenvalue weighted by atomic mass is 19.3. The van der Waals surface area contributed by atoms with Crippen LogP contribution in [0.3, 0.4) is 0 Å². The molecule has 0 spiro atoms. The van der Waals surface area contributed by atoms with Gasteiger partial charge in [-0.1, -0.05) is 6.07 Å². The molecule has 0 aliphatic carbocycles. The molecule has 100 valence electrons. The van der Waals surface area contributed by atoms with E-state index in [9.17, 15) is 13.6 Å². The largest absolute Gasteiger partial charge is 0.493 e. The summed E-state index contributed by atoms with van der Waals surface area (Å²) in [6.45, 7) is -2.94. The first-order chi connectivity index (χ1) is 8.43. The number of halogens is 2. The minimum Gasteiger partial charge on any atom is -0.493 e. The number of ether oxygens (including phenoxy) is 2. The van der Waals surface area contributed by atoms with Gasteiger partial charge in [-0.05, 0) is 17.7 Å². The second-order valence-electron chi connectivity index (χ2n) is 3.57. The Morgan fingerprint density at radius 1 is 1.39 bits per heavy atom. The van der Waals surface area contributed by atoms with E-state index in [4.69, 9.17) is 16.2 Å². The summed E-state index contributed by atoms with van der Waals surface area (Å²) >= 11 is 0. The topological polar surface area (TPSA) is 87.6 Å². The van der Waals surface area contributed by atoms with Crippen LogP contribution in [0.15, 0.2) is 18.2 Å². The Labute approximate surface area is 103 Å². The van der Waals surface area contributed by atoms with Crippen molar-refractivity contribution in [3.8, 4) is 11.5 Å². The molecule has 5 nitrogen and oxygen atoms in total. The zero-order valence-corrected chi connectivity index (χ0v) is 9.73. The van der Waals surface area contributed by atoms with Crippen molar-refractivity contribution < 1.29 is 23.0 Å². The molecular weight excluding hydrogens is 246 g/mol. The normalized spacial score (nSPS) is 12.3. The van der Waals surface area contributed by atoms with E-state index < -0.39 is 18.6 Å². The van der Waals surface area contributed by atoms with Gasteiger partial charge in [0, 0.05) is 12.5 Å². The maximum Gasteiger partial charge on any atom is 0.387 e. The lowest BCUT2D eigenvalue weighted by Crippen LogP contribution is -2.20. The molecule has 0 saturated heterocycles. The number of alkyl halides is 2. The molecule has 1 aromatic rings. The smallest absolute Gasteiger partial charge is 0.387 e. The third kappa shape index (κ3) is 3.85. The lowest BCUT2D eigenvalue weighted by molar-refractivity contribution is -0.118. The molecule has 0 aromatic heterocycles. The number of hydrogen-bond acceptors (Lipinski definition) is 4. The summed E-state index contributed by atoms with van der Waals surface area (Å²) in [4.78, 5) is 10.7. The van der Waals surface area contributed by atoms with E-state index >= 15 is 0 Å². The van der Waals surface area contributed by atoms with Gasteiger partial charge in [0.05, 0.1) is 7.11 Å². The molecule has 0 aliphatic heterocycles. The van der Waals surface area contributed by atoms with Crippen molar-refractivity contribution in [1.29, 1.82) is 0 Å². The molecule has 0 saturated carbocycles. The molecule has 1 rings (SSSR count). The Morgan fingerprint density at radius 2 is 2.06 bits per heavy atom. The summed E-state index contributed by atoms with van der Waals surface area (Å²) in [7, 11) is 1.32. The van der Waals surface area contributed by atoms with Crippen LogP contribution in [-0.2, 0) is 4.79 Å². The zero-order chi connectivity index (χ0) is 13.7. The van der Waals surface area contributed by atoms with Gasteiger partial charge in [0.25, 0.3) is 0 Å². The highest BCUT2D eigenvalue weighted by Gasteiger charge is 2.15. The monoisotopic (exact) mass is 260 g/mol. The molecule has 0 radical (unpaired) electrons. The van der Waals surface area contributed by atoms with Crippen LogP contribution in [-0.4, -0.2) is 19.6 Å². The van der Waals surface area contributed by atoms with Gasteiger partial charge in [-0.3, -0.25) is 4.79 Å². The quantitative estimate of drug-likeness (QED) is 0.803. The number of methoxy groups -OCH3 is 1. The minimum absolute atomic E-state index is 0.0434. The lowest BCUT2D eigenvalue weighted by Gasteiger charge is -2.14. The molecule has 0 bridgehead atoms. The van der Waals surface area contributed by atoms with Gasteiger partial charge in [-0.2, -0.15) is 8.78 Å². The Balaban J connectivity index is 2.94. The van der Waals surface area contributed by atoms with Crippen molar-refractivity contribution >= 4 is 5.91 Å². The van der Waals surface area contributed by atoms with Crippen molar-refractivity contribution in [1.82, 2.24) is 0 Å². The van der Waals surface area contributed by atoms with Gasteiger partial charge in [0.15, 0.2) is 11.5 Å². The van der Waals surface area contributed by atoms with Gasteiger partial charge >= 0.3 is 6.61 Å². The molecule has 0 aliphatic rings.